The smallest absolute Gasteiger partial charge is 0.226 e. The molecule has 1 aromatic carbocycles. The molecule has 0 bridgehead atoms. The summed E-state index contributed by atoms with van der Waals surface area (Å²) in [5.74, 6) is 0.702. The molecule has 2 rings (SSSR count). The van der Waals surface area contributed by atoms with Crippen LogP contribution in [0, 0.1) is 5.92 Å². The van der Waals surface area contributed by atoms with Gasteiger partial charge in [0.15, 0.2) is 0 Å². The van der Waals surface area contributed by atoms with Gasteiger partial charge in [-0.25, -0.2) is 0 Å². The molecule has 1 aromatic rings. The van der Waals surface area contributed by atoms with Crippen LogP contribution in [0.15, 0.2) is 36.4 Å². The minimum Gasteiger partial charge on any atom is -0.326 e. The standard InChI is InChI=1S/C16H21NO/c1-12(2)16(18)17-15-10-6-9-14(11-15)13-7-4-3-5-8-13/h3-4,6,9-13H,5,7-8H2,1-2H3,(H,17,18). The fourth-order valence-corrected chi connectivity index (χ4v) is 2.25. The van der Waals surface area contributed by atoms with Crippen molar-refractivity contribution in [1.29, 1.82) is 0 Å². The fourth-order valence-electron chi connectivity index (χ4n) is 2.25. The molecule has 0 fully saturated rings. The van der Waals surface area contributed by atoms with Crippen LogP contribution in [-0.2, 0) is 4.79 Å². The Kier molecular flexibility index (Phi) is 4.19. The van der Waals surface area contributed by atoms with Gasteiger partial charge >= 0.3 is 0 Å². The van der Waals surface area contributed by atoms with Crippen molar-refractivity contribution in [2.45, 2.75) is 39.0 Å². The van der Waals surface area contributed by atoms with Gasteiger partial charge in [0.25, 0.3) is 0 Å². The molecule has 2 heteroatoms. The van der Waals surface area contributed by atoms with Crippen molar-refractivity contribution < 1.29 is 4.79 Å². The van der Waals surface area contributed by atoms with Crippen molar-refractivity contribution in [3.05, 3.63) is 42.0 Å². The molecule has 1 N–H and O–H groups in total. The largest absolute Gasteiger partial charge is 0.326 e. The van der Waals surface area contributed by atoms with Gasteiger partial charge in [0, 0.05) is 11.6 Å². The maximum atomic E-state index is 11.7. The summed E-state index contributed by atoms with van der Waals surface area (Å²) in [5, 5.41) is 2.96. The Morgan fingerprint density at radius 3 is 2.83 bits per heavy atom. The van der Waals surface area contributed by atoms with E-state index in [0.717, 1.165) is 18.5 Å². The summed E-state index contributed by atoms with van der Waals surface area (Å²) < 4.78 is 0. The van der Waals surface area contributed by atoms with Gasteiger partial charge < -0.3 is 5.32 Å². The highest BCUT2D eigenvalue weighted by atomic mass is 16.1. The molecule has 0 saturated carbocycles. The van der Waals surface area contributed by atoms with Crippen LogP contribution in [-0.4, -0.2) is 5.91 Å². The zero-order valence-corrected chi connectivity index (χ0v) is 11.1. The Balaban J connectivity index is 2.09. The van der Waals surface area contributed by atoms with Crippen molar-refractivity contribution in [3.8, 4) is 0 Å². The van der Waals surface area contributed by atoms with Gasteiger partial charge in [-0.1, -0.05) is 38.1 Å². The molecule has 0 aromatic heterocycles. The van der Waals surface area contributed by atoms with Crippen LogP contribution in [0.1, 0.15) is 44.6 Å². The monoisotopic (exact) mass is 243 g/mol. The third-order valence-electron chi connectivity index (χ3n) is 3.42. The minimum absolute atomic E-state index is 0.0197. The summed E-state index contributed by atoms with van der Waals surface area (Å²) in [6.45, 7) is 3.82. The van der Waals surface area contributed by atoms with Gasteiger partial charge in [0.1, 0.15) is 0 Å². The Morgan fingerprint density at radius 1 is 1.33 bits per heavy atom. The number of carbonyl (C=O) groups excluding carboxylic acids is 1. The summed E-state index contributed by atoms with van der Waals surface area (Å²) >= 11 is 0. The summed E-state index contributed by atoms with van der Waals surface area (Å²) in [4.78, 5) is 11.7. The molecule has 0 heterocycles. The van der Waals surface area contributed by atoms with Crippen molar-refractivity contribution >= 4 is 11.6 Å². The lowest BCUT2D eigenvalue weighted by Crippen LogP contribution is -2.17. The highest BCUT2D eigenvalue weighted by Gasteiger charge is 2.13. The fraction of sp³-hybridized carbons (Fsp3) is 0.438. The average Bonchev–Trinajstić information content (AvgIpc) is 2.40. The van der Waals surface area contributed by atoms with E-state index in [1.165, 1.54) is 12.0 Å². The molecule has 1 amide bonds. The molecule has 0 spiro atoms. The molecule has 1 unspecified atom stereocenters. The number of allylic oxidation sites excluding steroid dienone is 2. The first-order valence-electron chi connectivity index (χ1n) is 6.72. The van der Waals surface area contributed by atoms with Crippen LogP contribution in [0.5, 0.6) is 0 Å². The van der Waals surface area contributed by atoms with Crippen LogP contribution < -0.4 is 5.32 Å². The quantitative estimate of drug-likeness (QED) is 0.795. The molecule has 0 aliphatic heterocycles. The first-order chi connectivity index (χ1) is 8.66. The van der Waals surface area contributed by atoms with Crippen molar-refractivity contribution in [3.63, 3.8) is 0 Å². The molecule has 96 valence electrons. The van der Waals surface area contributed by atoms with Crippen molar-refractivity contribution in [2.75, 3.05) is 5.32 Å². The van der Waals surface area contributed by atoms with Crippen LogP contribution in [0.2, 0.25) is 0 Å². The van der Waals surface area contributed by atoms with Crippen LogP contribution in [0.3, 0.4) is 0 Å². The summed E-state index contributed by atoms with van der Waals surface area (Å²) in [5.41, 5.74) is 2.25. The highest BCUT2D eigenvalue weighted by molar-refractivity contribution is 5.92. The second-order valence-corrected chi connectivity index (χ2v) is 5.25. The number of rotatable bonds is 3. The second-order valence-electron chi connectivity index (χ2n) is 5.25. The summed E-state index contributed by atoms with van der Waals surface area (Å²) in [6.07, 6.45) is 7.99. The third-order valence-corrected chi connectivity index (χ3v) is 3.42. The second kappa shape index (κ2) is 5.85. The number of hydrogen-bond acceptors (Lipinski definition) is 1. The van der Waals surface area contributed by atoms with Crippen LogP contribution >= 0.6 is 0 Å². The maximum absolute atomic E-state index is 11.7. The molecule has 1 aliphatic carbocycles. The number of benzene rings is 1. The van der Waals surface area contributed by atoms with E-state index in [1.807, 2.05) is 26.0 Å². The Morgan fingerprint density at radius 2 is 2.17 bits per heavy atom. The molecular weight excluding hydrogens is 222 g/mol. The minimum atomic E-state index is 0.0197. The molecule has 2 nitrogen and oxygen atoms in total. The van der Waals surface area contributed by atoms with E-state index in [1.54, 1.807) is 0 Å². The highest BCUT2D eigenvalue weighted by Crippen LogP contribution is 2.30. The predicted molar refractivity (Wildman–Crippen MR) is 75.6 cm³/mol. The number of nitrogens with one attached hydrogen (secondary N) is 1. The first kappa shape index (κ1) is 12.9. The van der Waals surface area contributed by atoms with Crippen molar-refractivity contribution in [2.24, 2.45) is 5.92 Å². The molecule has 1 aliphatic rings. The van der Waals surface area contributed by atoms with Gasteiger partial charge in [-0.05, 0) is 42.9 Å². The van der Waals surface area contributed by atoms with Gasteiger partial charge in [-0.15, -0.1) is 0 Å². The lowest BCUT2D eigenvalue weighted by molar-refractivity contribution is -0.118. The molecule has 0 radical (unpaired) electrons. The molecule has 18 heavy (non-hydrogen) atoms. The lowest BCUT2D eigenvalue weighted by Gasteiger charge is -2.19. The van der Waals surface area contributed by atoms with Crippen LogP contribution in [0.4, 0.5) is 5.69 Å². The van der Waals surface area contributed by atoms with E-state index >= 15 is 0 Å². The number of anilines is 1. The Hall–Kier alpha value is -1.57. The lowest BCUT2D eigenvalue weighted by atomic mass is 9.88. The zero-order valence-electron chi connectivity index (χ0n) is 11.1. The summed E-state index contributed by atoms with van der Waals surface area (Å²) in [6, 6.07) is 8.27. The maximum Gasteiger partial charge on any atom is 0.226 e. The first-order valence-corrected chi connectivity index (χ1v) is 6.72. The van der Waals surface area contributed by atoms with Crippen molar-refractivity contribution in [1.82, 2.24) is 0 Å². The SMILES string of the molecule is CC(C)C(=O)Nc1cccc(C2CC=CCC2)c1. The van der Waals surface area contributed by atoms with E-state index in [2.05, 4.69) is 29.6 Å². The van der Waals surface area contributed by atoms with E-state index in [0.29, 0.717) is 5.92 Å². The van der Waals surface area contributed by atoms with Gasteiger partial charge in [-0.2, -0.15) is 0 Å². The Bertz CT molecular complexity index is 448. The van der Waals surface area contributed by atoms with Gasteiger partial charge in [-0.3, -0.25) is 4.79 Å². The number of hydrogen-bond donors (Lipinski definition) is 1. The number of amides is 1. The average molecular weight is 243 g/mol. The number of carbonyl (C=O) groups is 1. The Labute approximate surface area is 109 Å². The third kappa shape index (κ3) is 3.22. The molecule has 0 saturated heterocycles. The van der Waals surface area contributed by atoms with Gasteiger partial charge in [0.2, 0.25) is 5.91 Å². The topological polar surface area (TPSA) is 29.1 Å². The molecule has 1 atom stereocenters. The predicted octanol–water partition coefficient (Wildman–Crippen LogP) is 4.10. The van der Waals surface area contributed by atoms with E-state index in [4.69, 9.17) is 0 Å². The van der Waals surface area contributed by atoms with E-state index in [-0.39, 0.29) is 11.8 Å². The normalized spacial score (nSPS) is 18.9. The van der Waals surface area contributed by atoms with E-state index < -0.39 is 0 Å². The van der Waals surface area contributed by atoms with Gasteiger partial charge in [0.05, 0.1) is 0 Å². The van der Waals surface area contributed by atoms with Crippen LogP contribution in [0.25, 0.3) is 0 Å². The molecular formula is C16H21NO. The zero-order chi connectivity index (χ0) is 13.0. The van der Waals surface area contributed by atoms with E-state index in [9.17, 15) is 4.79 Å². The summed E-state index contributed by atoms with van der Waals surface area (Å²) in [7, 11) is 0.